The number of nitrogens with one attached hydrogen (secondary N) is 1. The van der Waals surface area contributed by atoms with Gasteiger partial charge < -0.3 is 19.7 Å². The second kappa shape index (κ2) is 10.1. The van der Waals surface area contributed by atoms with Crippen LogP contribution in [0.5, 0.6) is 11.5 Å². The second-order valence-electron chi connectivity index (χ2n) is 5.89. The number of nitrogens with zero attached hydrogens (tertiary/aromatic N) is 1. The van der Waals surface area contributed by atoms with E-state index in [0.29, 0.717) is 12.4 Å². The molecule has 0 atom stereocenters. The summed E-state index contributed by atoms with van der Waals surface area (Å²) in [6.45, 7) is 3.58. The number of amides is 2. The molecule has 0 aliphatic heterocycles. The van der Waals surface area contributed by atoms with E-state index in [1.807, 2.05) is 0 Å². The minimum Gasteiger partial charge on any atom is -0.493 e. The van der Waals surface area contributed by atoms with Gasteiger partial charge in [0.05, 0.1) is 18.7 Å². The fourth-order valence-corrected chi connectivity index (χ4v) is 2.87. The van der Waals surface area contributed by atoms with Crippen molar-refractivity contribution in [3.63, 3.8) is 0 Å². The van der Waals surface area contributed by atoms with Crippen LogP contribution < -0.4 is 14.8 Å². The second-order valence-corrected chi connectivity index (χ2v) is 6.29. The highest BCUT2D eigenvalue weighted by atomic mass is 35.5. The SMILES string of the molecule is CCOc1c(Cl)cc(C(=O)N(CC)CC(=O)Nc2c(F)cccc2F)cc1OC. The maximum absolute atomic E-state index is 13.7. The van der Waals surface area contributed by atoms with E-state index in [0.717, 1.165) is 12.1 Å². The van der Waals surface area contributed by atoms with Crippen molar-refractivity contribution < 1.29 is 27.8 Å². The van der Waals surface area contributed by atoms with E-state index in [1.54, 1.807) is 13.8 Å². The van der Waals surface area contributed by atoms with Crippen LogP contribution in [0.25, 0.3) is 0 Å². The molecule has 0 fully saturated rings. The molecule has 0 aromatic heterocycles. The summed E-state index contributed by atoms with van der Waals surface area (Å²) in [4.78, 5) is 26.3. The molecule has 6 nitrogen and oxygen atoms in total. The van der Waals surface area contributed by atoms with Crippen molar-refractivity contribution in [3.05, 3.63) is 52.6 Å². The molecular formula is C20H21ClF2N2O4. The third-order valence-corrected chi connectivity index (χ3v) is 4.28. The van der Waals surface area contributed by atoms with Crippen LogP contribution in [0.2, 0.25) is 5.02 Å². The Bertz CT molecular complexity index is 888. The lowest BCUT2D eigenvalue weighted by molar-refractivity contribution is -0.116. The Balaban J connectivity index is 2.20. The molecular weight excluding hydrogens is 406 g/mol. The summed E-state index contributed by atoms with van der Waals surface area (Å²) >= 11 is 6.19. The van der Waals surface area contributed by atoms with E-state index >= 15 is 0 Å². The monoisotopic (exact) mass is 426 g/mol. The van der Waals surface area contributed by atoms with Gasteiger partial charge in [-0.2, -0.15) is 0 Å². The minimum atomic E-state index is -0.907. The van der Waals surface area contributed by atoms with E-state index in [2.05, 4.69) is 5.32 Å². The summed E-state index contributed by atoms with van der Waals surface area (Å²) in [7, 11) is 1.41. The average Bonchev–Trinajstić information content (AvgIpc) is 2.70. The molecule has 2 amide bonds. The number of ether oxygens (including phenoxy) is 2. The molecule has 1 N–H and O–H groups in total. The first-order valence-corrected chi connectivity index (χ1v) is 9.23. The van der Waals surface area contributed by atoms with Crippen LogP contribution in [-0.4, -0.2) is 43.5 Å². The number of carbonyl (C=O) groups excluding carboxylic acids is 2. The van der Waals surface area contributed by atoms with Gasteiger partial charge in [0.2, 0.25) is 5.91 Å². The van der Waals surface area contributed by atoms with Gasteiger partial charge in [0, 0.05) is 12.1 Å². The van der Waals surface area contributed by atoms with Crippen LogP contribution in [0, 0.1) is 11.6 Å². The number of rotatable bonds is 8. The lowest BCUT2D eigenvalue weighted by Gasteiger charge is -2.21. The third-order valence-electron chi connectivity index (χ3n) is 4.00. The smallest absolute Gasteiger partial charge is 0.254 e. The molecule has 0 aliphatic carbocycles. The maximum atomic E-state index is 13.7. The van der Waals surface area contributed by atoms with Crippen molar-refractivity contribution in [2.45, 2.75) is 13.8 Å². The highest BCUT2D eigenvalue weighted by Crippen LogP contribution is 2.36. The zero-order valence-corrected chi connectivity index (χ0v) is 17.0. The number of carbonyl (C=O) groups is 2. The Morgan fingerprint density at radius 2 is 1.83 bits per heavy atom. The van der Waals surface area contributed by atoms with Gasteiger partial charge in [-0.1, -0.05) is 17.7 Å². The zero-order valence-electron chi connectivity index (χ0n) is 16.2. The predicted octanol–water partition coefficient (Wildman–Crippen LogP) is 4.13. The van der Waals surface area contributed by atoms with E-state index in [1.165, 1.54) is 30.2 Å². The average molecular weight is 427 g/mol. The van der Waals surface area contributed by atoms with Gasteiger partial charge in [0.1, 0.15) is 23.9 Å². The molecule has 0 radical (unpaired) electrons. The normalized spacial score (nSPS) is 10.4. The van der Waals surface area contributed by atoms with Crippen LogP contribution in [0.4, 0.5) is 14.5 Å². The lowest BCUT2D eigenvalue weighted by atomic mass is 10.1. The van der Waals surface area contributed by atoms with E-state index < -0.39 is 35.7 Å². The highest BCUT2D eigenvalue weighted by Gasteiger charge is 2.22. The Labute approximate surface area is 172 Å². The van der Waals surface area contributed by atoms with Gasteiger partial charge >= 0.3 is 0 Å². The first-order valence-electron chi connectivity index (χ1n) is 8.85. The molecule has 0 unspecified atom stereocenters. The fraction of sp³-hybridized carbons (Fsp3) is 0.300. The number of para-hydroxylation sites is 1. The van der Waals surface area contributed by atoms with E-state index in [-0.39, 0.29) is 22.9 Å². The number of anilines is 1. The molecule has 2 aromatic carbocycles. The molecule has 9 heteroatoms. The standard InChI is InChI=1S/C20H21ClF2N2O4/c1-4-25(11-17(26)24-18-14(22)7-6-8-15(18)23)20(27)12-9-13(21)19(29-5-2)16(10-12)28-3/h6-10H,4-5,11H2,1-3H3,(H,24,26). The van der Waals surface area contributed by atoms with Crippen LogP contribution in [0.15, 0.2) is 30.3 Å². The topological polar surface area (TPSA) is 67.9 Å². The Morgan fingerprint density at radius 3 is 2.38 bits per heavy atom. The number of likely N-dealkylation sites (N-methyl/N-ethyl adjacent to an activating group) is 1. The molecule has 0 heterocycles. The van der Waals surface area contributed by atoms with Crippen LogP contribution in [0.3, 0.4) is 0 Å². The summed E-state index contributed by atoms with van der Waals surface area (Å²) in [6, 6.07) is 6.10. The largest absolute Gasteiger partial charge is 0.493 e. The Morgan fingerprint density at radius 1 is 1.17 bits per heavy atom. The lowest BCUT2D eigenvalue weighted by Crippen LogP contribution is -2.38. The summed E-state index contributed by atoms with van der Waals surface area (Å²) in [6.07, 6.45) is 0. The summed E-state index contributed by atoms with van der Waals surface area (Å²) in [5.41, 5.74) is -0.381. The predicted molar refractivity (Wildman–Crippen MR) is 106 cm³/mol. The summed E-state index contributed by atoms with van der Waals surface area (Å²) < 4.78 is 38.1. The number of benzene rings is 2. The van der Waals surface area contributed by atoms with Crippen LogP contribution >= 0.6 is 11.6 Å². The number of hydrogen-bond acceptors (Lipinski definition) is 4. The molecule has 156 valence electrons. The van der Waals surface area contributed by atoms with Gasteiger partial charge in [-0.05, 0) is 38.1 Å². The minimum absolute atomic E-state index is 0.180. The molecule has 0 saturated carbocycles. The van der Waals surface area contributed by atoms with Crippen molar-refractivity contribution in [2.75, 3.05) is 32.1 Å². The maximum Gasteiger partial charge on any atom is 0.254 e. The fourth-order valence-electron chi connectivity index (χ4n) is 2.61. The molecule has 2 rings (SSSR count). The molecule has 0 aliphatic rings. The van der Waals surface area contributed by atoms with Crippen LogP contribution in [0.1, 0.15) is 24.2 Å². The van der Waals surface area contributed by atoms with Gasteiger partial charge in [-0.3, -0.25) is 9.59 Å². The Kier molecular flexibility index (Phi) is 7.78. The molecule has 0 saturated heterocycles. The van der Waals surface area contributed by atoms with Crippen LogP contribution in [-0.2, 0) is 4.79 Å². The number of hydrogen-bond donors (Lipinski definition) is 1. The van der Waals surface area contributed by atoms with Gasteiger partial charge in [0.25, 0.3) is 5.91 Å². The third kappa shape index (κ3) is 5.35. The first-order chi connectivity index (χ1) is 13.8. The van der Waals surface area contributed by atoms with E-state index in [9.17, 15) is 18.4 Å². The van der Waals surface area contributed by atoms with Gasteiger partial charge in [-0.15, -0.1) is 0 Å². The van der Waals surface area contributed by atoms with Gasteiger partial charge in [0.15, 0.2) is 11.5 Å². The first kappa shape index (κ1) is 22.4. The van der Waals surface area contributed by atoms with Crippen molar-refractivity contribution in [3.8, 4) is 11.5 Å². The van der Waals surface area contributed by atoms with Crippen molar-refractivity contribution >= 4 is 29.1 Å². The summed E-state index contributed by atoms with van der Waals surface area (Å²) in [5.74, 6) is -2.47. The number of halogens is 3. The van der Waals surface area contributed by atoms with E-state index in [4.69, 9.17) is 21.1 Å². The van der Waals surface area contributed by atoms with Crippen molar-refractivity contribution in [1.29, 1.82) is 0 Å². The molecule has 29 heavy (non-hydrogen) atoms. The Hall–Kier alpha value is -2.87. The van der Waals surface area contributed by atoms with Gasteiger partial charge in [-0.25, -0.2) is 8.78 Å². The van der Waals surface area contributed by atoms with Crippen molar-refractivity contribution in [2.24, 2.45) is 0 Å². The molecule has 2 aromatic rings. The zero-order chi connectivity index (χ0) is 21.6. The quantitative estimate of drug-likeness (QED) is 0.689. The number of methoxy groups -OCH3 is 1. The molecule has 0 spiro atoms. The van der Waals surface area contributed by atoms with Crippen molar-refractivity contribution in [1.82, 2.24) is 4.90 Å². The molecule has 0 bridgehead atoms. The highest BCUT2D eigenvalue weighted by molar-refractivity contribution is 6.32. The summed E-state index contributed by atoms with van der Waals surface area (Å²) in [5, 5.41) is 2.34.